The largest absolute Gasteiger partial charge is 0.347 e. The van der Waals surface area contributed by atoms with Crippen LogP contribution in [0.25, 0.3) is 6.08 Å². The molecule has 0 radical (unpaired) electrons. The Labute approximate surface area is 106 Å². The number of nitrogens with zero attached hydrogens (tertiary/aromatic N) is 2. The second-order valence-corrected chi connectivity index (χ2v) is 4.13. The van der Waals surface area contributed by atoms with E-state index >= 15 is 0 Å². The van der Waals surface area contributed by atoms with Crippen molar-refractivity contribution in [1.82, 2.24) is 4.57 Å². The molecule has 0 aliphatic heterocycles. The van der Waals surface area contributed by atoms with E-state index in [1.165, 1.54) is 0 Å². The second kappa shape index (κ2) is 4.87. The number of imidazole rings is 1. The van der Waals surface area contributed by atoms with Crippen molar-refractivity contribution in [1.29, 1.82) is 0 Å². The van der Waals surface area contributed by atoms with E-state index in [4.69, 9.17) is 0 Å². The number of benzene rings is 1. The van der Waals surface area contributed by atoms with Gasteiger partial charge in [-0.15, -0.1) is 0 Å². The first kappa shape index (κ1) is 12.1. The highest BCUT2D eigenvalue weighted by Crippen LogP contribution is 2.12. The summed E-state index contributed by atoms with van der Waals surface area (Å²) in [4.78, 5) is 12.1. The topological polar surface area (TPSA) is 37.9 Å². The Morgan fingerprint density at radius 1 is 1.50 bits per heavy atom. The molecule has 2 rings (SSSR count). The number of nitrogens with one attached hydrogen (secondary N) is 1. The fourth-order valence-electron chi connectivity index (χ4n) is 1.84. The second-order valence-electron chi connectivity index (χ2n) is 4.13. The minimum Gasteiger partial charge on any atom is -0.315 e. The number of hydrogen-bond donors (Lipinski definition) is 1. The lowest BCUT2D eigenvalue weighted by Gasteiger charge is -2.04. The third-order valence-corrected chi connectivity index (χ3v) is 2.77. The van der Waals surface area contributed by atoms with Crippen LogP contribution >= 0.6 is 0 Å². The van der Waals surface area contributed by atoms with E-state index in [1.54, 1.807) is 15.2 Å². The van der Waals surface area contributed by atoms with Crippen LogP contribution in [0, 0.1) is 0 Å². The van der Waals surface area contributed by atoms with Crippen molar-refractivity contribution < 1.29 is 9.36 Å². The summed E-state index contributed by atoms with van der Waals surface area (Å²) < 4.78 is 3.57. The van der Waals surface area contributed by atoms with E-state index < -0.39 is 0 Å². The Kier molecular flexibility index (Phi) is 3.28. The third kappa shape index (κ3) is 2.32. The molecule has 0 aliphatic carbocycles. The molecule has 4 nitrogen and oxygen atoms in total. The van der Waals surface area contributed by atoms with Crippen LogP contribution in [-0.2, 0) is 14.1 Å². The Bertz CT molecular complexity index is 579. The Morgan fingerprint density at radius 2 is 2.28 bits per heavy atom. The monoisotopic (exact) mass is 242 g/mol. The number of hydrogen-bond acceptors (Lipinski definition) is 1. The van der Waals surface area contributed by atoms with Crippen molar-refractivity contribution in [3.05, 3.63) is 54.6 Å². The Balaban J connectivity index is 2.24. The normalized spacial score (nSPS) is 10.1. The van der Waals surface area contributed by atoms with Crippen LogP contribution < -0.4 is 9.88 Å². The van der Waals surface area contributed by atoms with Crippen molar-refractivity contribution in [2.45, 2.75) is 0 Å². The van der Waals surface area contributed by atoms with Gasteiger partial charge in [0.25, 0.3) is 0 Å². The van der Waals surface area contributed by atoms with Gasteiger partial charge in [-0.05, 0) is 17.7 Å². The molecular formula is C14H16N3O+. The number of anilines is 1. The van der Waals surface area contributed by atoms with Gasteiger partial charge in [-0.2, -0.15) is 0 Å². The molecule has 1 amide bonds. The molecule has 0 saturated heterocycles. The molecule has 4 heteroatoms. The van der Waals surface area contributed by atoms with E-state index in [-0.39, 0.29) is 5.91 Å². The summed E-state index contributed by atoms with van der Waals surface area (Å²) in [6.07, 6.45) is 5.43. The standard InChI is InChI=1S/C14H15N3O/c1-4-11-6-5-7-12(10-11)15-13(18)14-16(2)8-9-17(14)3/h4-10H,1H2,2-3H3/p+1. The molecule has 1 heterocycles. The van der Waals surface area contributed by atoms with Crippen molar-refractivity contribution in [3.8, 4) is 0 Å². The van der Waals surface area contributed by atoms with E-state index in [9.17, 15) is 4.79 Å². The highest BCUT2D eigenvalue weighted by Gasteiger charge is 2.20. The molecule has 1 aromatic carbocycles. The Morgan fingerprint density at radius 3 is 2.89 bits per heavy atom. The van der Waals surface area contributed by atoms with Gasteiger partial charge in [0.2, 0.25) is 0 Å². The first-order valence-corrected chi connectivity index (χ1v) is 5.66. The van der Waals surface area contributed by atoms with Gasteiger partial charge >= 0.3 is 11.7 Å². The average Bonchev–Trinajstić information content (AvgIpc) is 2.69. The highest BCUT2D eigenvalue weighted by atomic mass is 16.2. The lowest BCUT2D eigenvalue weighted by Crippen LogP contribution is -2.37. The number of aromatic nitrogens is 2. The van der Waals surface area contributed by atoms with Crippen molar-refractivity contribution in [2.24, 2.45) is 14.1 Å². The lowest BCUT2D eigenvalue weighted by molar-refractivity contribution is -0.672. The molecule has 2 aromatic rings. The highest BCUT2D eigenvalue weighted by molar-refractivity contribution is 6.00. The predicted molar refractivity (Wildman–Crippen MR) is 71.1 cm³/mol. The van der Waals surface area contributed by atoms with Crippen LogP contribution in [0.15, 0.2) is 43.2 Å². The van der Waals surface area contributed by atoms with Gasteiger partial charge in [0.15, 0.2) is 0 Å². The molecule has 0 bridgehead atoms. The van der Waals surface area contributed by atoms with Crippen LogP contribution in [0.4, 0.5) is 5.69 Å². The van der Waals surface area contributed by atoms with Crippen molar-refractivity contribution >= 4 is 17.7 Å². The van der Waals surface area contributed by atoms with Crippen molar-refractivity contribution in [3.63, 3.8) is 0 Å². The summed E-state index contributed by atoms with van der Waals surface area (Å²) in [5.41, 5.74) is 1.74. The molecule has 1 N–H and O–H groups in total. The molecule has 0 unspecified atom stereocenters. The minimum atomic E-state index is -0.133. The Hall–Kier alpha value is -2.36. The molecule has 0 spiro atoms. The third-order valence-electron chi connectivity index (χ3n) is 2.77. The van der Waals surface area contributed by atoms with E-state index in [0.29, 0.717) is 5.82 Å². The van der Waals surface area contributed by atoms with Gasteiger partial charge in [0.1, 0.15) is 12.4 Å². The van der Waals surface area contributed by atoms with E-state index in [1.807, 2.05) is 50.8 Å². The quantitative estimate of drug-likeness (QED) is 0.818. The van der Waals surface area contributed by atoms with Crippen LogP contribution in [0.5, 0.6) is 0 Å². The molecule has 18 heavy (non-hydrogen) atoms. The first-order chi connectivity index (χ1) is 8.61. The molecule has 0 atom stereocenters. The van der Waals surface area contributed by atoms with Gasteiger partial charge in [0.05, 0.1) is 14.1 Å². The van der Waals surface area contributed by atoms with Crippen LogP contribution in [0.2, 0.25) is 0 Å². The first-order valence-electron chi connectivity index (χ1n) is 5.66. The number of amides is 1. The zero-order valence-corrected chi connectivity index (χ0v) is 10.6. The van der Waals surface area contributed by atoms with Gasteiger partial charge in [0, 0.05) is 5.69 Å². The molecule has 0 aliphatic rings. The van der Waals surface area contributed by atoms with Gasteiger partial charge in [-0.25, -0.2) is 9.13 Å². The fraction of sp³-hybridized carbons (Fsp3) is 0.143. The zero-order chi connectivity index (χ0) is 13.1. The lowest BCUT2D eigenvalue weighted by atomic mass is 10.2. The maximum absolute atomic E-state index is 12.1. The number of aryl methyl sites for hydroxylation is 2. The maximum Gasteiger partial charge on any atom is 0.347 e. The molecule has 1 aromatic heterocycles. The summed E-state index contributed by atoms with van der Waals surface area (Å²) in [6, 6.07) is 7.56. The van der Waals surface area contributed by atoms with Gasteiger partial charge in [-0.3, -0.25) is 4.79 Å². The summed E-state index contributed by atoms with van der Waals surface area (Å²) in [7, 11) is 3.68. The smallest absolute Gasteiger partial charge is 0.315 e. The number of rotatable bonds is 3. The molecule has 0 fully saturated rings. The van der Waals surface area contributed by atoms with E-state index in [2.05, 4.69) is 11.9 Å². The SMILES string of the molecule is C=Cc1cccc(NC(=O)c2n(C)cc[n+]2C)c1. The number of carbonyl (C=O) groups excluding carboxylic acids is 1. The van der Waals surface area contributed by atoms with E-state index in [0.717, 1.165) is 11.3 Å². The fourth-order valence-corrected chi connectivity index (χ4v) is 1.84. The molecule has 0 saturated carbocycles. The average molecular weight is 242 g/mol. The number of carbonyl (C=O) groups is 1. The van der Waals surface area contributed by atoms with Gasteiger partial charge < -0.3 is 5.32 Å². The molecular weight excluding hydrogens is 226 g/mol. The summed E-state index contributed by atoms with van der Waals surface area (Å²) in [5, 5.41) is 2.87. The molecule has 92 valence electrons. The maximum atomic E-state index is 12.1. The summed E-state index contributed by atoms with van der Waals surface area (Å²) in [5.74, 6) is 0.463. The predicted octanol–water partition coefficient (Wildman–Crippen LogP) is 1.74. The summed E-state index contributed by atoms with van der Waals surface area (Å²) in [6.45, 7) is 3.71. The van der Waals surface area contributed by atoms with Crippen LogP contribution in [0.3, 0.4) is 0 Å². The van der Waals surface area contributed by atoms with Crippen molar-refractivity contribution in [2.75, 3.05) is 5.32 Å². The van der Waals surface area contributed by atoms with Crippen LogP contribution in [-0.4, -0.2) is 10.5 Å². The zero-order valence-electron chi connectivity index (χ0n) is 10.6. The van der Waals surface area contributed by atoms with Gasteiger partial charge in [-0.1, -0.05) is 24.8 Å². The van der Waals surface area contributed by atoms with Crippen LogP contribution in [0.1, 0.15) is 16.2 Å². The minimum absolute atomic E-state index is 0.133. The summed E-state index contributed by atoms with van der Waals surface area (Å²) >= 11 is 0.